The number of hydrogen-bond acceptors (Lipinski definition) is 2. The van der Waals surface area contributed by atoms with Gasteiger partial charge in [-0.05, 0) is 44.7 Å². The van der Waals surface area contributed by atoms with Crippen LogP contribution in [-0.2, 0) is 0 Å². The highest BCUT2D eigenvalue weighted by Gasteiger charge is 2.32. The second-order valence-electron chi connectivity index (χ2n) is 5.31. The Labute approximate surface area is 94.4 Å². The van der Waals surface area contributed by atoms with Crippen molar-refractivity contribution in [2.45, 2.75) is 58.0 Å². The number of nitrogens with zero attached hydrogens (tertiary/aromatic N) is 1. The lowest BCUT2D eigenvalue weighted by Crippen LogP contribution is -2.51. The Balaban J connectivity index is 1.95. The third kappa shape index (κ3) is 2.54. The summed E-state index contributed by atoms with van der Waals surface area (Å²) in [6.45, 7) is 8.46. The van der Waals surface area contributed by atoms with Gasteiger partial charge in [0.05, 0.1) is 0 Å². The quantitative estimate of drug-likeness (QED) is 0.768. The highest BCUT2D eigenvalue weighted by atomic mass is 15.2. The Hall–Kier alpha value is -0.0800. The van der Waals surface area contributed by atoms with Crippen LogP contribution in [0.4, 0.5) is 0 Å². The van der Waals surface area contributed by atoms with E-state index in [1.165, 1.54) is 51.7 Å². The minimum Gasteiger partial charge on any atom is -0.315 e. The van der Waals surface area contributed by atoms with Crippen molar-refractivity contribution in [2.24, 2.45) is 5.92 Å². The lowest BCUT2D eigenvalue weighted by atomic mass is 9.99. The van der Waals surface area contributed by atoms with Crippen LogP contribution in [0.2, 0.25) is 0 Å². The minimum atomic E-state index is 0.814. The topological polar surface area (TPSA) is 15.3 Å². The van der Waals surface area contributed by atoms with Gasteiger partial charge in [-0.1, -0.05) is 20.3 Å². The molecule has 1 aliphatic carbocycles. The van der Waals surface area contributed by atoms with Crippen LogP contribution in [-0.4, -0.2) is 36.6 Å². The Kier molecular flexibility index (Phi) is 4.04. The van der Waals surface area contributed by atoms with Crippen LogP contribution in [0.25, 0.3) is 0 Å². The summed E-state index contributed by atoms with van der Waals surface area (Å²) in [5, 5.41) is 3.55. The van der Waals surface area contributed by atoms with Gasteiger partial charge in [0.1, 0.15) is 0 Å². The van der Waals surface area contributed by atoms with Crippen LogP contribution in [0, 0.1) is 5.92 Å². The maximum atomic E-state index is 3.55. The zero-order chi connectivity index (χ0) is 10.7. The third-order valence-electron chi connectivity index (χ3n) is 4.35. The van der Waals surface area contributed by atoms with Crippen molar-refractivity contribution in [3.05, 3.63) is 0 Å². The van der Waals surface area contributed by atoms with Crippen LogP contribution >= 0.6 is 0 Å². The van der Waals surface area contributed by atoms with E-state index >= 15 is 0 Å². The minimum absolute atomic E-state index is 0.814. The van der Waals surface area contributed by atoms with E-state index in [0.717, 1.165) is 18.0 Å². The highest BCUT2D eigenvalue weighted by molar-refractivity contribution is 4.88. The van der Waals surface area contributed by atoms with Crippen LogP contribution in [0.3, 0.4) is 0 Å². The molecule has 0 aromatic rings. The fourth-order valence-corrected chi connectivity index (χ4v) is 3.50. The summed E-state index contributed by atoms with van der Waals surface area (Å²) in [5.41, 5.74) is 0. The Bertz CT molecular complexity index is 187. The summed E-state index contributed by atoms with van der Waals surface area (Å²) in [7, 11) is 0. The SMILES string of the molecule is CCN(C1CCCNC1)C1CCCC1C. The monoisotopic (exact) mass is 210 g/mol. The Morgan fingerprint density at radius 2 is 2.07 bits per heavy atom. The third-order valence-corrected chi connectivity index (χ3v) is 4.35. The number of likely N-dealkylation sites (N-methyl/N-ethyl adjacent to an activating group) is 1. The molecule has 1 N–H and O–H groups in total. The van der Waals surface area contributed by atoms with Gasteiger partial charge >= 0.3 is 0 Å². The highest BCUT2D eigenvalue weighted by Crippen LogP contribution is 2.31. The van der Waals surface area contributed by atoms with E-state index in [9.17, 15) is 0 Å². The average Bonchev–Trinajstić information content (AvgIpc) is 2.68. The molecule has 1 saturated carbocycles. The number of hydrogen-bond donors (Lipinski definition) is 1. The fraction of sp³-hybridized carbons (Fsp3) is 1.00. The molecule has 0 radical (unpaired) electrons. The molecule has 0 bridgehead atoms. The van der Waals surface area contributed by atoms with E-state index in [0.29, 0.717) is 0 Å². The zero-order valence-electron chi connectivity index (χ0n) is 10.3. The first-order chi connectivity index (χ1) is 7.33. The van der Waals surface area contributed by atoms with E-state index in [1.54, 1.807) is 0 Å². The largest absolute Gasteiger partial charge is 0.315 e. The van der Waals surface area contributed by atoms with E-state index in [1.807, 2.05) is 0 Å². The summed E-state index contributed by atoms with van der Waals surface area (Å²) in [5.74, 6) is 0.923. The van der Waals surface area contributed by atoms with Gasteiger partial charge in [-0.25, -0.2) is 0 Å². The number of piperidine rings is 1. The van der Waals surface area contributed by atoms with E-state index in [4.69, 9.17) is 0 Å². The molecule has 3 unspecified atom stereocenters. The lowest BCUT2D eigenvalue weighted by molar-refractivity contribution is 0.0992. The molecule has 0 aromatic carbocycles. The van der Waals surface area contributed by atoms with Gasteiger partial charge in [-0.15, -0.1) is 0 Å². The molecule has 0 spiro atoms. The van der Waals surface area contributed by atoms with Gasteiger partial charge in [-0.3, -0.25) is 4.90 Å². The predicted molar refractivity (Wildman–Crippen MR) is 65.1 cm³/mol. The maximum Gasteiger partial charge on any atom is 0.0224 e. The van der Waals surface area contributed by atoms with Crippen LogP contribution < -0.4 is 5.32 Å². The van der Waals surface area contributed by atoms with Crippen molar-refractivity contribution in [1.29, 1.82) is 0 Å². The molecular formula is C13H26N2. The van der Waals surface area contributed by atoms with Crippen molar-refractivity contribution in [3.8, 4) is 0 Å². The lowest BCUT2D eigenvalue weighted by Gasteiger charge is -2.39. The molecule has 0 amide bonds. The fourth-order valence-electron chi connectivity index (χ4n) is 3.50. The Morgan fingerprint density at radius 1 is 1.20 bits per heavy atom. The second-order valence-corrected chi connectivity index (χ2v) is 5.31. The normalized spacial score (nSPS) is 37.4. The molecule has 1 heterocycles. The molecule has 15 heavy (non-hydrogen) atoms. The number of rotatable bonds is 3. The summed E-state index contributed by atoms with van der Waals surface area (Å²) in [4.78, 5) is 2.78. The summed E-state index contributed by atoms with van der Waals surface area (Å²) in [6, 6.07) is 1.69. The van der Waals surface area contributed by atoms with Gasteiger partial charge in [-0.2, -0.15) is 0 Å². The molecule has 2 aliphatic rings. The molecule has 0 aromatic heterocycles. The van der Waals surface area contributed by atoms with Gasteiger partial charge in [0.25, 0.3) is 0 Å². The standard InChI is InChI=1S/C13H26N2/c1-3-15(12-7-5-9-14-10-12)13-8-4-6-11(13)2/h11-14H,3-10H2,1-2H3. The van der Waals surface area contributed by atoms with Crippen molar-refractivity contribution >= 4 is 0 Å². The first kappa shape index (κ1) is 11.4. The van der Waals surface area contributed by atoms with Crippen molar-refractivity contribution in [1.82, 2.24) is 10.2 Å². The first-order valence-electron chi connectivity index (χ1n) is 6.79. The summed E-state index contributed by atoms with van der Waals surface area (Å²) >= 11 is 0. The van der Waals surface area contributed by atoms with Crippen LogP contribution in [0.5, 0.6) is 0 Å². The molecule has 2 fully saturated rings. The van der Waals surface area contributed by atoms with Gasteiger partial charge < -0.3 is 5.32 Å². The Morgan fingerprint density at radius 3 is 2.60 bits per heavy atom. The van der Waals surface area contributed by atoms with E-state index < -0.39 is 0 Å². The van der Waals surface area contributed by atoms with E-state index in [2.05, 4.69) is 24.1 Å². The van der Waals surface area contributed by atoms with Crippen LogP contribution in [0.1, 0.15) is 46.0 Å². The number of nitrogens with one attached hydrogen (secondary N) is 1. The molecule has 88 valence electrons. The molecule has 3 atom stereocenters. The molecule has 2 heteroatoms. The van der Waals surface area contributed by atoms with Crippen LogP contribution in [0.15, 0.2) is 0 Å². The van der Waals surface area contributed by atoms with E-state index in [-0.39, 0.29) is 0 Å². The maximum absolute atomic E-state index is 3.55. The molecule has 1 saturated heterocycles. The summed E-state index contributed by atoms with van der Waals surface area (Å²) in [6.07, 6.45) is 7.10. The summed E-state index contributed by atoms with van der Waals surface area (Å²) < 4.78 is 0. The van der Waals surface area contributed by atoms with Gasteiger partial charge in [0.15, 0.2) is 0 Å². The second kappa shape index (κ2) is 5.31. The van der Waals surface area contributed by atoms with Crippen molar-refractivity contribution in [2.75, 3.05) is 19.6 Å². The zero-order valence-corrected chi connectivity index (χ0v) is 10.3. The first-order valence-corrected chi connectivity index (χ1v) is 6.79. The van der Waals surface area contributed by atoms with Gasteiger partial charge in [0.2, 0.25) is 0 Å². The van der Waals surface area contributed by atoms with Gasteiger partial charge in [0, 0.05) is 18.6 Å². The van der Waals surface area contributed by atoms with Crippen molar-refractivity contribution in [3.63, 3.8) is 0 Å². The molecule has 1 aliphatic heterocycles. The molecule has 2 rings (SSSR count). The van der Waals surface area contributed by atoms with Crippen molar-refractivity contribution < 1.29 is 0 Å². The predicted octanol–water partition coefficient (Wildman–Crippen LogP) is 2.25. The average molecular weight is 210 g/mol. The molecule has 2 nitrogen and oxygen atoms in total. The molecular weight excluding hydrogens is 184 g/mol. The smallest absolute Gasteiger partial charge is 0.0224 e.